The predicted molar refractivity (Wildman–Crippen MR) is 26.8 cm³/mol. The number of rotatable bonds is 0. The van der Waals surface area contributed by atoms with Gasteiger partial charge < -0.3 is 0 Å². The van der Waals surface area contributed by atoms with Crippen LogP contribution in [-0.4, -0.2) is 28.3 Å². The van der Waals surface area contributed by atoms with E-state index in [1.807, 2.05) is 4.81 Å². The normalized spacial score (nSPS) is 26.3. The average molecular weight is 208 g/mol. The van der Waals surface area contributed by atoms with Crippen molar-refractivity contribution < 1.29 is 21.2 Å². The van der Waals surface area contributed by atoms with E-state index in [4.69, 9.17) is 7.98 Å². The Morgan fingerprint density at radius 1 is 1.57 bits per heavy atom. The number of alkyl halides is 2. The van der Waals surface area contributed by atoms with Gasteiger partial charge in [0, 0.05) is 0 Å². The van der Waals surface area contributed by atoms with Gasteiger partial charge in [0.15, 0.2) is 0 Å². The minimum atomic E-state index is 0.475. The van der Waals surface area contributed by atoms with Crippen molar-refractivity contribution in [2.24, 2.45) is 0 Å². The second-order valence-electron chi connectivity index (χ2n) is 1.66. The van der Waals surface area contributed by atoms with Crippen molar-refractivity contribution in [1.29, 1.82) is 0 Å². The molecule has 0 saturated carbocycles. The van der Waals surface area contributed by atoms with E-state index in [0.29, 0.717) is 21.2 Å². The molecule has 1 saturated heterocycles. The monoisotopic (exact) mass is 208 g/mol. The molecular weight excluding hydrogens is 200 g/mol. The molecule has 1 fully saturated rings. The van der Waals surface area contributed by atoms with Crippen molar-refractivity contribution in [3.8, 4) is 0 Å². The fraction of sp³-hybridized carbons (Fsp3) is 1.00. The number of hydrogen-bond donors (Lipinski definition) is 0. The Bertz CT molecular complexity index is 53.7. The third-order valence-corrected chi connectivity index (χ3v) is 3.83. The molecule has 1 heterocycles. The Morgan fingerprint density at radius 3 is 2.71 bits per heavy atom. The van der Waals surface area contributed by atoms with Crippen molar-refractivity contribution in [3.05, 3.63) is 0 Å². The Hall–Kier alpha value is 0.755. The van der Waals surface area contributed by atoms with Crippen LogP contribution < -0.4 is 21.2 Å². The Morgan fingerprint density at radius 2 is 2.43 bits per heavy atom. The third kappa shape index (κ3) is 1.99. The number of halogens is 1. The molecule has 1 rings (SSSR count). The van der Waals surface area contributed by atoms with E-state index < -0.39 is 0 Å². The standard InChI is InChI=1S/C4H8BIN/c5-7-3-1-2-6-4-7/h1-4H2/q-1. The summed E-state index contributed by atoms with van der Waals surface area (Å²) in [4.78, 5) is 1.94. The molecule has 1 nitrogen and oxygen atoms in total. The fourth-order valence-corrected chi connectivity index (χ4v) is 2.77. The summed E-state index contributed by atoms with van der Waals surface area (Å²) in [7, 11) is 5.50. The van der Waals surface area contributed by atoms with Gasteiger partial charge in [-0.1, -0.05) is 0 Å². The molecule has 40 valence electrons. The summed E-state index contributed by atoms with van der Waals surface area (Å²) in [6, 6.07) is 0. The van der Waals surface area contributed by atoms with Crippen LogP contribution in [0.3, 0.4) is 0 Å². The summed E-state index contributed by atoms with van der Waals surface area (Å²) in [5, 5.41) is 0. The van der Waals surface area contributed by atoms with Crippen LogP contribution in [0.25, 0.3) is 0 Å². The van der Waals surface area contributed by atoms with Crippen molar-refractivity contribution in [3.63, 3.8) is 0 Å². The summed E-state index contributed by atoms with van der Waals surface area (Å²) in [5.74, 6) is 0. The molecule has 0 aromatic carbocycles. The summed E-state index contributed by atoms with van der Waals surface area (Å²) >= 11 is 0.475. The van der Waals surface area contributed by atoms with Crippen LogP contribution >= 0.6 is 0 Å². The summed E-state index contributed by atoms with van der Waals surface area (Å²) in [6.07, 6.45) is 1.34. The number of hydrogen-bond acceptors (Lipinski definition) is 1. The molecule has 1 aliphatic heterocycles. The Balaban J connectivity index is 2.12. The summed E-state index contributed by atoms with van der Waals surface area (Å²) < 4.78 is 2.69. The van der Waals surface area contributed by atoms with Crippen molar-refractivity contribution in [2.45, 2.75) is 6.42 Å². The molecule has 1 aliphatic rings. The van der Waals surface area contributed by atoms with Crippen LogP contribution in [0.15, 0.2) is 0 Å². The summed E-state index contributed by atoms with van der Waals surface area (Å²) in [6.45, 7) is 1.12. The van der Waals surface area contributed by atoms with E-state index in [9.17, 15) is 0 Å². The van der Waals surface area contributed by atoms with Gasteiger partial charge in [-0.2, -0.15) is 0 Å². The molecule has 2 radical (unpaired) electrons. The van der Waals surface area contributed by atoms with E-state index in [-0.39, 0.29) is 0 Å². The molecule has 0 aromatic rings. The quantitative estimate of drug-likeness (QED) is 0.175. The van der Waals surface area contributed by atoms with E-state index in [0.717, 1.165) is 6.54 Å². The van der Waals surface area contributed by atoms with Gasteiger partial charge in [-0.25, -0.2) is 0 Å². The van der Waals surface area contributed by atoms with Crippen LogP contribution in [0.4, 0.5) is 0 Å². The predicted octanol–water partition coefficient (Wildman–Crippen LogP) is -3.18. The molecule has 0 aromatic heterocycles. The van der Waals surface area contributed by atoms with Crippen LogP contribution in [0.2, 0.25) is 0 Å². The van der Waals surface area contributed by atoms with Crippen LogP contribution in [0.1, 0.15) is 6.42 Å². The van der Waals surface area contributed by atoms with E-state index in [2.05, 4.69) is 0 Å². The van der Waals surface area contributed by atoms with E-state index in [1.165, 1.54) is 15.4 Å². The molecular formula is C4H8BIN-. The first-order valence-corrected chi connectivity index (χ1v) is 5.48. The van der Waals surface area contributed by atoms with Gasteiger partial charge in [-0.15, -0.1) is 0 Å². The topological polar surface area (TPSA) is 3.24 Å². The van der Waals surface area contributed by atoms with Crippen molar-refractivity contribution >= 4 is 7.98 Å². The third-order valence-electron chi connectivity index (χ3n) is 0.951. The molecule has 0 bridgehead atoms. The first-order valence-electron chi connectivity index (χ1n) is 2.43. The van der Waals surface area contributed by atoms with Crippen LogP contribution in [-0.2, 0) is 0 Å². The zero-order chi connectivity index (χ0) is 5.11. The maximum absolute atomic E-state index is 5.50. The average Bonchev–Trinajstić information content (AvgIpc) is 1.69. The van der Waals surface area contributed by atoms with E-state index >= 15 is 0 Å². The Kier molecular flexibility index (Phi) is 2.45. The summed E-state index contributed by atoms with van der Waals surface area (Å²) in [5.41, 5.74) is 0. The Labute approximate surface area is 56.1 Å². The van der Waals surface area contributed by atoms with Crippen molar-refractivity contribution in [1.82, 2.24) is 4.81 Å². The SMILES string of the molecule is [B]N1CCC[I-]C1. The van der Waals surface area contributed by atoms with E-state index in [1.54, 1.807) is 0 Å². The van der Waals surface area contributed by atoms with Crippen LogP contribution in [0, 0.1) is 0 Å². The molecule has 0 N–H and O–H groups in total. The molecule has 7 heavy (non-hydrogen) atoms. The van der Waals surface area contributed by atoms with Crippen LogP contribution in [0.5, 0.6) is 0 Å². The zero-order valence-electron chi connectivity index (χ0n) is 4.23. The van der Waals surface area contributed by atoms with Gasteiger partial charge in [-0.05, 0) is 0 Å². The molecule has 3 heteroatoms. The van der Waals surface area contributed by atoms with Gasteiger partial charge in [-0.3, -0.25) is 0 Å². The molecule has 0 unspecified atom stereocenters. The zero-order valence-corrected chi connectivity index (χ0v) is 6.39. The minimum absolute atomic E-state index is 0.475. The van der Waals surface area contributed by atoms with Gasteiger partial charge in [0.25, 0.3) is 0 Å². The number of nitrogens with zero attached hydrogens (tertiary/aromatic N) is 1. The second-order valence-corrected chi connectivity index (χ2v) is 4.50. The maximum atomic E-state index is 5.50. The van der Waals surface area contributed by atoms with Gasteiger partial charge >= 0.3 is 55.9 Å². The second kappa shape index (κ2) is 2.92. The molecule has 0 atom stereocenters. The van der Waals surface area contributed by atoms with Gasteiger partial charge in [0.05, 0.1) is 0 Å². The molecule has 0 amide bonds. The first-order chi connectivity index (χ1) is 3.39. The van der Waals surface area contributed by atoms with Crippen molar-refractivity contribution in [2.75, 3.05) is 15.5 Å². The fourth-order valence-electron chi connectivity index (χ4n) is 0.585. The first kappa shape index (κ1) is 5.88. The van der Waals surface area contributed by atoms with Gasteiger partial charge in [0.1, 0.15) is 0 Å². The molecule has 0 aliphatic carbocycles. The molecule has 0 spiro atoms. The van der Waals surface area contributed by atoms with Gasteiger partial charge in [0.2, 0.25) is 0 Å².